The van der Waals surface area contributed by atoms with E-state index in [1.54, 1.807) is 0 Å². The second-order valence-corrected chi connectivity index (χ2v) is 6.36. The summed E-state index contributed by atoms with van der Waals surface area (Å²) in [5, 5.41) is 4.62. The molecule has 2 aliphatic rings. The fraction of sp³-hybridized carbons (Fsp3) is 0.625. The topological polar surface area (TPSA) is 15.3 Å². The molecule has 2 unspecified atom stereocenters. The van der Waals surface area contributed by atoms with E-state index in [9.17, 15) is 0 Å². The summed E-state index contributed by atoms with van der Waals surface area (Å²) in [4.78, 5) is 2.58. The maximum absolute atomic E-state index is 6.29. The molecule has 0 bridgehead atoms. The van der Waals surface area contributed by atoms with Gasteiger partial charge in [-0.15, -0.1) is 0 Å². The van der Waals surface area contributed by atoms with Crippen LogP contribution in [0, 0.1) is 12.8 Å². The monoisotopic (exact) mass is 278 g/mol. The van der Waals surface area contributed by atoms with Gasteiger partial charge in [0.1, 0.15) is 0 Å². The molecule has 3 rings (SSSR count). The lowest BCUT2D eigenvalue weighted by molar-refractivity contribution is 0.359. The average Bonchev–Trinajstić information content (AvgIpc) is 3.26. The minimum absolute atomic E-state index is 0.590. The van der Waals surface area contributed by atoms with Crippen molar-refractivity contribution in [3.8, 4) is 0 Å². The number of hydrogen-bond acceptors (Lipinski definition) is 2. The highest BCUT2D eigenvalue weighted by Crippen LogP contribution is 2.37. The summed E-state index contributed by atoms with van der Waals surface area (Å²) in [6, 6.07) is 7.54. The summed E-state index contributed by atoms with van der Waals surface area (Å²) in [5.74, 6) is 0.903. The van der Waals surface area contributed by atoms with Gasteiger partial charge in [-0.05, 0) is 49.8 Å². The van der Waals surface area contributed by atoms with Gasteiger partial charge in [0.15, 0.2) is 0 Å². The van der Waals surface area contributed by atoms with Crippen molar-refractivity contribution >= 4 is 17.3 Å². The number of hydrogen-bond donors (Lipinski definition) is 1. The maximum Gasteiger partial charge on any atom is 0.0455 e. The van der Waals surface area contributed by atoms with E-state index in [4.69, 9.17) is 11.6 Å². The average molecular weight is 279 g/mol. The first-order chi connectivity index (χ1) is 9.20. The van der Waals surface area contributed by atoms with Gasteiger partial charge in [0.05, 0.1) is 0 Å². The molecule has 104 valence electrons. The summed E-state index contributed by atoms with van der Waals surface area (Å²) < 4.78 is 0. The second-order valence-electron chi connectivity index (χ2n) is 5.95. The first-order valence-corrected chi connectivity index (χ1v) is 7.83. The molecule has 1 saturated heterocycles. The quantitative estimate of drug-likeness (QED) is 0.909. The zero-order chi connectivity index (χ0) is 13.4. The van der Waals surface area contributed by atoms with Gasteiger partial charge in [-0.1, -0.05) is 24.6 Å². The van der Waals surface area contributed by atoms with Crippen LogP contribution < -0.4 is 10.2 Å². The normalized spacial score (nSPS) is 27.6. The van der Waals surface area contributed by atoms with Crippen LogP contribution in [-0.4, -0.2) is 25.2 Å². The number of rotatable bonds is 3. The molecular formula is C16H23ClN2. The summed E-state index contributed by atoms with van der Waals surface area (Å²) in [5.41, 5.74) is 2.55. The van der Waals surface area contributed by atoms with Crippen molar-refractivity contribution < 1.29 is 0 Å². The molecule has 1 aliphatic heterocycles. The van der Waals surface area contributed by atoms with E-state index in [0.29, 0.717) is 12.1 Å². The fourth-order valence-corrected chi connectivity index (χ4v) is 3.37. The van der Waals surface area contributed by atoms with Gasteiger partial charge in [-0.25, -0.2) is 0 Å². The van der Waals surface area contributed by atoms with Crippen LogP contribution in [-0.2, 0) is 0 Å². The number of benzene rings is 1. The first kappa shape index (κ1) is 13.3. The molecule has 1 aromatic rings. The lowest BCUT2D eigenvalue weighted by atomic mass is 10.0. The van der Waals surface area contributed by atoms with Crippen LogP contribution >= 0.6 is 11.6 Å². The zero-order valence-corrected chi connectivity index (χ0v) is 12.6. The van der Waals surface area contributed by atoms with Gasteiger partial charge < -0.3 is 10.2 Å². The van der Waals surface area contributed by atoms with Crippen molar-refractivity contribution in [2.75, 3.05) is 18.0 Å². The van der Waals surface area contributed by atoms with Crippen molar-refractivity contribution in [2.24, 2.45) is 5.92 Å². The molecule has 1 heterocycles. The van der Waals surface area contributed by atoms with Gasteiger partial charge in [0.25, 0.3) is 0 Å². The lowest BCUT2D eigenvalue weighted by Gasteiger charge is -2.42. The Morgan fingerprint density at radius 3 is 2.84 bits per heavy atom. The highest BCUT2D eigenvalue weighted by Gasteiger charge is 2.37. The Morgan fingerprint density at radius 1 is 1.37 bits per heavy atom. The van der Waals surface area contributed by atoms with E-state index in [1.807, 2.05) is 6.07 Å². The summed E-state index contributed by atoms with van der Waals surface area (Å²) in [6.07, 6.45) is 3.98. The van der Waals surface area contributed by atoms with E-state index in [0.717, 1.165) is 24.0 Å². The van der Waals surface area contributed by atoms with Crippen LogP contribution in [0.3, 0.4) is 0 Å². The molecule has 2 fully saturated rings. The number of nitrogens with one attached hydrogen (secondary N) is 1. The molecule has 1 aromatic carbocycles. The third kappa shape index (κ3) is 2.61. The van der Waals surface area contributed by atoms with Gasteiger partial charge >= 0.3 is 0 Å². The van der Waals surface area contributed by atoms with E-state index >= 15 is 0 Å². The van der Waals surface area contributed by atoms with Crippen molar-refractivity contribution in [3.05, 3.63) is 28.8 Å². The molecule has 1 N–H and O–H groups in total. The second kappa shape index (κ2) is 5.34. The Kier molecular flexibility index (Phi) is 3.72. The molecule has 0 spiro atoms. The minimum atomic E-state index is 0.590. The van der Waals surface area contributed by atoms with E-state index < -0.39 is 0 Å². The standard InChI is InChI=1S/C16H23ClN2/c1-3-13-9-18-15(12-7-8-12)10-19(13)16-6-4-5-14(17)11(16)2/h4-6,12-13,15,18H,3,7-10H2,1-2H3. The van der Waals surface area contributed by atoms with Crippen molar-refractivity contribution in [1.82, 2.24) is 5.32 Å². The first-order valence-electron chi connectivity index (χ1n) is 7.45. The Bertz CT molecular complexity index is 456. The molecule has 3 heteroatoms. The third-order valence-electron chi connectivity index (χ3n) is 4.66. The molecule has 1 saturated carbocycles. The van der Waals surface area contributed by atoms with E-state index in [1.165, 1.54) is 30.5 Å². The Morgan fingerprint density at radius 2 is 2.16 bits per heavy atom. The van der Waals surface area contributed by atoms with Crippen molar-refractivity contribution in [1.29, 1.82) is 0 Å². The predicted octanol–water partition coefficient (Wildman–Crippen LogP) is 3.62. The van der Waals surface area contributed by atoms with Crippen LogP contribution in [0.25, 0.3) is 0 Å². The summed E-state index contributed by atoms with van der Waals surface area (Å²) in [6.45, 7) is 6.64. The van der Waals surface area contributed by atoms with Crippen molar-refractivity contribution in [2.45, 2.75) is 45.2 Å². The minimum Gasteiger partial charge on any atom is -0.365 e. The molecule has 19 heavy (non-hydrogen) atoms. The predicted molar refractivity (Wildman–Crippen MR) is 82.1 cm³/mol. The zero-order valence-electron chi connectivity index (χ0n) is 11.8. The summed E-state index contributed by atoms with van der Waals surface area (Å²) >= 11 is 6.29. The third-order valence-corrected chi connectivity index (χ3v) is 5.07. The highest BCUT2D eigenvalue weighted by molar-refractivity contribution is 6.31. The van der Waals surface area contributed by atoms with Gasteiger partial charge in [-0.3, -0.25) is 0 Å². The van der Waals surface area contributed by atoms with Crippen LogP contribution in [0.1, 0.15) is 31.7 Å². The van der Waals surface area contributed by atoms with Crippen LogP contribution in [0.5, 0.6) is 0 Å². The molecule has 2 nitrogen and oxygen atoms in total. The fourth-order valence-electron chi connectivity index (χ4n) is 3.20. The largest absolute Gasteiger partial charge is 0.365 e. The molecule has 2 atom stereocenters. The van der Waals surface area contributed by atoms with Crippen LogP contribution in [0.15, 0.2) is 18.2 Å². The Balaban J connectivity index is 1.87. The maximum atomic E-state index is 6.29. The molecule has 1 aliphatic carbocycles. The van der Waals surface area contributed by atoms with Gasteiger partial charge in [0, 0.05) is 35.9 Å². The number of anilines is 1. The number of halogens is 1. The Labute approximate surface area is 121 Å². The SMILES string of the molecule is CCC1CNC(C2CC2)CN1c1cccc(Cl)c1C. The van der Waals surface area contributed by atoms with Crippen LogP contribution in [0.4, 0.5) is 5.69 Å². The molecule has 0 amide bonds. The Hall–Kier alpha value is -0.730. The number of nitrogens with zero attached hydrogens (tertiary/aromatic N) is 1. The summed E-state index contributed by atoms with van der Waals surface area (Å²) in [7, 11) is 0. The molecule has 0 aromatic heterocycles. The lowest BCUT2D eigenvalue weighted by Crippen LogP contribution is -2.57. The number of piperazine rings is 1. The van der Waals surface area contributed by atoms with E-state index in [-0.39, 0.29) is 0 Å². The highest BCUT2D eigenvalue weighted by atomic mass is 35.5. The van der Waals surface area contributed by atoms with E-state index in [2.05, 4.69) is 36.2 Å². The molecule has 0 radical (unpaired) electrons. The molecular weight excluding hydrogens is 256 g/mol. The van der Waals surface area contributed by atoms with Crippen molar-refractivity contribution in [3.63, 3.8) is 0 Å². The van der Waals surface area contributed by atoms with Gasteiger partial charge in [0.2, 0.25) is 0 Å². The van der Waals surface area contributed by atoms with Gasteiger partial charge in [-0.2, -0.15) is 0 Å². The smallest absolute Gasteiger partial charge is 0.0455 e. The van der Waals surface area contributed by atoms with Crippen LogP contribution in [0.2, 0.25) is 5.02 Å².